The standard InChI is InChI=1S/C9H24N2OSi/c1-8(2)11(9(3)4)7-6-10-13-12-5/h8-10H,6-7,13H2,1-5H3. The summed E-state index contributed by atoms with van der Waals surface area (Å²) >= 11 is 0. The lowest BCUT2D eigenvalue weighted by molar-refractivity contribution is 0.178. The van der Waals surface area contributed by atoms with Crippen LogP contribution in [0.4, 0.5) is 0 Å². The van der Waals surface area contributed by atoms with Crippen molar-refractivity contribution in [2.45, 2.75) is 39.8 Å². The molecule has 0 bridgehead atoms. The molecule has 0 aromatic rings. The Labute approximate surface area is 84.9 Å². The maximum Gasteiger partial charge on any atom is 0.235 e. The Morgan fingerprint density at radius 1 is 1.23 bits per heavy atom. The van der Waals surface area contributed by atoms with E-state index >= 15 is 0 Å². The average molecular weight is 204 g/mol. The summed E-state index contributed by atoms with van der Waals surface area (Å²) in [5.41, 5.74) is 0. The highest BCUT2D eigenvalue weighted by atomic mass is 28.2. The van der Waals surface area contributed by atoms with Crippen molar-refractivity contribution in [3.63, 3.8) is 0 Å². The predicted octanol–water partition coefficient (Wildman–Crippen LogP) is 0.340. The van der Waals surface area contributed by atoms with E-state index in [4.69, 9.17) is 4.43 Å². The van der Waals surface area contributed by atoms with E-state index in [0.29, 0.717) is 12.1 Å². The number of rotatable bonds is 7. The first kappa shape index (κ1) is 13.1. The van der Waals surface area contributed by atoms with Crippen molar-refractivity contribution in [1.82, 2.24) is 9.88 Å². The zero-order valence-corrected chi connectivity index (χ0v) is 11.0. The molecule has 0 aliphatic carbocycles. The Morgan fingerprint density at radius 2 is 1.77 bits per heavy atom. The van der Waals surface area contributed by atoms with Gasteiger partial charge in [0, 0.05) is 32.3 Å². The fraction of sp³-hybridized carbons (Fsp3) is 1.00. The van der Waals surface area contributed by atoms with Gasteiger partial charge in [-0.25, -0.2) is 0 Å². The minimum absolute atomic E-state index is 0.447. The fourth-order valence-corrected chi connectivity index (χ4v) is 2.00. The van der Waals surface area contributed by atoms with Crippen LogP contribution in [0.15, 0.2) is 0 Å². The van der Waals surface area contributed by atoms with Crippen LogP contribution >= 0.6 is 0 Å². The molecule has 3 nitrogen and oxygen atoms in total. The molecule has 0 aliphatic heterocycles. The molecular weight excluding hydrogens is 180 g/mol. The van der Waals surface area contributed by atoms with Crippen LogP contribution in [0.25, 0.3) is 0 Å². The van der Waals surface area contributed by atoms with Gasteiger partial charge in [0.25, 0.3) is 0 Å². The Kier molecular flexibility index (Phi) is 7.55. The summed E-state index contributed by atoms with van der Waals surface area (Å²) in [4.78, 5) is 5.83. The van der Waals surface area contributed by atoms with Gasteiger partial charge in [-0.1, -0.05) is 0 Å². The van der Waals surface area contributed by atoms with Gasteiger partial charge in [0.2, 0.25) is 9.92 Å². The highest BCUT2D eigenvalue weighted by molar-refractivity contribution is 6.23. The van der Waals surface area contributed by atoms with Crippen molar-refractivity contribution in [3.05, 3.63) is 0 Å². The van der Waals surface area contributed by atoms with Crippen LogP contribution in [0.5, 0.6) is 0 Å². The zero-order chi connectivity index (χ0) is 10.3. The van der Waals surface area contributed by atoms with Crippen LogP contribution in [0.3, 0.4) is 0 Å². The van der Waals surface area contributed by atoms with Crippen molar-refractivity contribution in [2.24, 2.45) is 0 Å². The molecule has 4 heteroatoms. The quantitative estimate of drug-likeness (QED) is 0.478. The number of hydrogen-bond donors (Lipinski definition) is 1. The van der Waals surface area contributed by atoms with Gasteiger partial charge in [-0.3, -0.25) is 4.90 Å². The molecule has 0 unspecified atom stereocenters. The Bertz CT molecular complexity index is 112. The van der Waals surface area contributed by atoms with Crippen molar-refractivity contribution < 1.29 is 4.43 Å². The van der Waals surface area contributed by atoms with Gasteiger partial charge in [0.05, 0.1) is 0 Å². The van der Waals surface area contributed by atoms with E-state index in [1.807, 2.05) is 0 Å². The molecule has 0 spiro atoms. The second-order valence-corrected chi connectivity index (χ2v) is 5.22. The Hall–Kier alpha value is 0.0969. The summed E-state index contributed by atoms with van der Waals surface area (Å²) in [5, 5.41) is 0. The van der Waals surface area contributed by atoms with E-state index in [9.17, 15) is 0 Å². The fourth-order valence-electron chi connectivity index (χ4n) is 1.50. The molecule has 0 aliphatic rings. The maximum absolute atomic E-state index is 5.05. The van der Waals surface area contributed by atoms with Crippen LogP contribution in [-0.2, 0) is 4.43 Å². The van der Waals surface area contributed by atoms with Crippen LogP contribution in [0.2, 0.25) is 0 Å². The molecule has 0 saturated heterocycles. The van der Waals surface area contributed by atoms with Crippen molar-refractivity contribution in [2.75, 3.05) is 20.2 Å². The lowest BCUT2D eigenvalue weighted by Gasteiger charge is -2.30. The molecule has 0 amide bonds. The maximum atomic E-state index is 5.05. The second kappa shape index (κ2) is 7.50. The van der Waals surface area contributed by atoms with Gasteiger partial charge in [0.15, 0.2) is 0 Å². The Morgan fingerprint density at radius 3 is 2.15 bits per heavy atom. The molecule has 13 heavy (non-hydrogen) atoms. The molecule has 0 rings (SSSR count). The van der Waals surface area contributed by atoms with Crippen LogP contribution < -0.4 is 4.98 Å². The average Bonchev–Trinajstić information content (AvgIpc) is 2.02. The van der Waals surface area contributed by atoms with E-state index < -0.39 is 9.92 Å². The summed E-state index contributed by atoms with van der Waals surface area (Å²) in [6, 6.07) is 1.26. The highest BCUT2D eigenvalue weighted by Crippen LogP contribution is 2.02. The summed E-state index contributed by atoms with van der Waals surface area (Å²) in [6.45, 7) is 11.1. The van der Waals surface area contributed by atoms with Gasteiger partial charge in [-0.15, -0.1) is 0 Å². The summed E-state index contributed by atoms with van der Waals surface area (Å²) < 4.78 is 5.05. The molecule has 0 saturated carbocycles. The first-order valence-corrected chi connectivity index (χ1v) is 6.33. The van der Waals surface area contributed by atoms with Crippen molar-refractivity contribution >= 4 is 9.92 Å². The Balaban J connectivity index is 3.58. The monoisotopic (exact) mass is 204 g/mol. The third-order valence-corrected chi connectivity index (χ3v) is 2.97. The van der Waals surface area contributed by atoms with Gasteiger partial charge in [-0.05, 0) is 27.7 Å². The lowest BCUT2D eigenvalue weighted by atomic mass is 10.2. The van der Waals surface area contributed by atoms with Gasteiger partial charge in [0.1, 0.15) is 0 Å². The van der Waals surface area contributed by atoms with E-state index in [0.717, 1.165) is 13.1 Å². The third-order valence-electron chi connectivity index (χ3n) is 2.12. The lowest BCUT2D eigenvalue weighted by Crippen LogP contribution is -2.42. The minimum atomic E-state index is -0.447. The minimum Gasteiger partial charge on any atom is -0.412 e. The highest BCUT2D eigenvalue weighted by Gasteiger charge is 2.11. The molecule has 0 atom stereocenters. The zero-order valence-electron chi connectivity index (χ0n) is 9.63. The van der Waals surface area contributed by atoms with E-state index in [1.54, 1.807) is 7.11 Å². The number of nitrogens with one attached hydrogen (secondary N) is 1. The second-order valence-electron chi connectivity index (χ2n) is 3.86. The largest absolute Gasteiger partial charge is 0.412 e. The van der Waals surface area contributed by atoms with Crippen LogP contribution in [0.1, 0.15) is 27.7 Å². The SMILES string of the molecule is CO[SiH2]NCCN(C(C)C)C(C)C. The van der Waals surface area contributed by atoms with Crippen LogP contribution in [-0.4, -0.2) is 47.1 Å². The predicted molar refractivity (Wildman–Crippen MR) is 60.5 cm³/mol. The summed E-state index contributed by atoms with van der Waals surface area (Å²) in [5.74, 6) is 0. The van der Waals surface area contributed by atoms with E-state index in [1.165, 1.54) is 0 Å². The topological polar surface area (TPSA) is 24.5 Å². The number of nitrogens with zero attached hydrogens (tertiary/aromatic N) is 1. The first-order valence-electron chi connectivity index (χ1n) is 5.05. The molecule has 1 N–H and O–H groups in total. The smallest absolute Gasteiger partial charge is 0.235 e. The van der Waals surface area contributed by atoms with Crippen molar-refractivity contribution in [3.8, 4) is 0 Å². The molecule has 0 aromatic heterocycles. The third kappa shape index (κ3) is 6.21. The van der Waals surface area contributed by atoms with Gasteiger partial charge >= 0.3 is 0 Å². The molecule has 0 aromatic carbocycles. The summed E-state index contributed by atoms with van der Waals surface area (Å²) in [7, 11) is 1.32. The van der Waals surface area contributed by atoms with E-state index in [2.05, 4.69) is 37.6 Å². The molecule has 0 radical (unpaired) electrons. The number of hydrogen-bond acceptors (Lipinski definition) is 3. The van der Waals surface area contributed by atoms with Gasteiger partial charge in [-0.2, -0.15) is 0 Å². The molecule has 0 fully saturated rings. The van der Waals surface area contributed by atoms with Gasteiger partial charge < -0.3 is 9.41 Å². The van der Waals surface area contributed by atoms with Crippen molar-refractivity contribution in [1.29, 1.82) is 0 Å². The molecule has 0 heterocycles. The molecular formula is C9H24N2OSi. The summed E-state index contributed by atoms with van der Waals surface area (Å²) in [6.07, 6.45) is 0. The normalized spacial score (nSPS) is 12.9. The van der Waals surface area contributed by atoms with E-state index in [-0.39, 0.29) is 0 Å². The first-order chi connectivity index (χ1) is 6.09. The van der Waals surface area contributed by atoms with Crippen LogP contribution in [0, 0.1) is 0 Å². The molecule has 80 valence electrons.